The predicted molar refractivity (Wildman–Crippen MR) is 120 cm³/mol. The first-order valence-electron chi connectivity index (χ1n) is 9.90. The fourth-order valence-corrected chi connectivity index (χ4v) is 3.59. The van der Waals surface area contributed by atoms with Crippen molar-refractivity contribution in [3.8, 4) is 16.9 Å². The molecule has 1 heterocycles. The molecule has 174 valence electrons. The summed E-state index contributed by atoms with van der Waals surface area (Å²) in [5, 5.41) is 16.4. The molecule has 3 aromatic carbocycles. The number of carbonyl (C=O) groups is 1. The molecule has 0 spiro atoms. The number of anilines is 1. The quantitative estimate of drug-likeness (QED) is 0.297. The standard InChI is InChI=1S/C24H16ClF4N3O2/c25-18-9-17(24(27,28)29)10-20(11-18)30-12-16-13-32(21-6-4-14(5-7-21)23(33)34)31-22(16)15-2-1-3-19(26)8-15/h1-11,13,30H,12H2,(H,33,34). The topological polar surface area (TPSA) is 67.2 Å². The van der Waals surface area contributed by atoms with Gasteiger partial charge in [0.1, 0.15) is 5.82 Å². The Bertz CT molecular complexity index is 1350. The molecule has 0 saturated heterocycles. The zero-order valence-electron chi connectivity index (χ0n) is 17.3. The number of aromatic carboxylic acids is 1. The van der Waals surface area contributed by atoms with Crippen LogP contribution in [0.4, 0.5) is 23.2 Å². The number of benzene rings is 3. The number of hydrogen-bond donors (Lipinski definition) is 2. The van der Waals surface area contributed by atoms with Gasteiger partial charge in [-0.25, -0.2) is 13.9 Å². The summed E-state index contributed by atoms with van der Waals surface area (Å²) in [6, 6.07) is 14.9. The lowest BCUT2D eigenvalue weighted by Gasteiger charge is -2.12. The monoisotopic (exact) mass is 489 g/mol. The zero-order chi connectivity index (χ0) is 24.5. The van der Waals surface area contributed by atoms with E-state index in [2.05, 4.69) is 10.4 Å². The van der Waals surface area contributed by atoms with Gasteiger partial charge in [-0.2, -0.15) is 18.3 Å². The van der Waals surface area contributed by atoms with Crippen molar-refractivity contribution in [1.82, 2.24) is 9.78 Å². The van der Waals surface area contributed by atoms with E-state index >= 15 is 0 Å². The number of nitrogens with one attached hydrogen (secondary N) is 1. The van der Waals surface area contributed by atoms with Crippen molar-refractivity contribution >= 4 is 23.3 Å². The van der Waals surface area contributed by atoms with E-state index in [-0.39, 0.29) is 22.8 Å². The highest BCUT2D eigenvalue weighted by atomic mass is 35.5. The molecule has 0 bridgehead atoms. The third kappa shape index (κ3) is 5.20. The maximum Gasteiger partial charge on any atom is 0.416 e. The van der Waals surface area contributed by atoms with E-state index in [4.69, 9.17) is 16.7 Å². The summed E-state index contributed by atoms with van der Waals surface area (Å²) in [6.45, 7) is 0.0662. The molecule has 0 aliphatic rings. The van der Waals surface area contributed by atoms with Gasteiger partial charge in [-0.15, -0.1) is 0 Å². The second kappa shape index (κ2) is 9.18. The van der Waals surface area contributed by atoms with Crippen LogP contribution in [0.15, 0.2) is 72.9 Å². The minimum absolute atomic E-state index is 0.0662. The van der Waals surface area contributed by atoms with Crippen LogP contribution in [-0.2, 0) is 12.7 Å². The van der Waals surface area contributed by atoms with E-state index in [1.165, 1.54) is 41.1 Å². The summed E-state index contributed by atoms with van der Waals surface area (Å²) in [6.07, 6.45) is -2.92. The number of rotatable bonds is 6. The number of alkyl halides is 3. The molecule has 2 N–H and O–H groups in total. The lowest BCUT2D eigenvalue weighted by atomic mass is 10.1. The summed E-state index contributed by atoms with van der Waals surface area (Å²) < 4.78 is 54.7. The van der Waals surface area contributed by atoms with E-state index in [0.717, 1.165) is 12.1 Å². The SMILES string of the molecule is O=C(O)c1ccc(-n2cc(CNc3cc(Cl)cc(C(F)(F)F)c3)c(-c3cccc(F)c3)n2)cc1. The number of halogens is 5. The Labute approximate surface area is 196 Å². The van der Waals surface area contributed by atoms with Crippen LogP contribution >= 0.6 is 11.6 Å². The first-order valence-corrected chi connectivity index (χ1v) is 10.3. The number of carboxylic acid groups (broad SMARTS) is 1. The molecule has 34 heavy (non-hydrogen) atoms. The third-order valence-corrected chi connectivity index (χ3v) is 5.19. The fourth-order valence-electron chi connectivity index (χ4n) is 3.36. The number of carboxylic acids is 1. The zero-order valence-corrected chi connectivity index (χ0v) is 18.0. The highest BCUT2D eigenvalue weighted by Crippen LogP contribution is 2.34. The van der Waals surface area contributed by atoms with Gasteiger partial charge in [-0.1, -0.05) is 23.7 Å². The first-order chi connectivity index (χ1) is 16.1. The Kier molecular flexibility index (Phi) is 6.30. The lowest BCUT2D eigenvalue weighted by molar-refractivity contribution is -0.137. The van der Waals surface area contributed by atoms with Gasteiger partial charge in [0, 0.05) is 34.6 Å². The van der Waals surface area contributed by atoms with Crippen LogP contribution in [0.25, 0.3) is 16.9 Å². The van der Waals surface area contributed by atoms with Gasteiger partial charge in [-0.3, -0.25) is 0 Å². The minimum Gasteiger partial charge on any atom is -0.478 e. The van der Waals surface area contributed by atoms with Crippen LogP contribution in [0.2, 0.25) is 5.02 Å². The van der Waals surface area contributed by atoms with Crippen molar-refractivity contribution in [2.45, 2.75) is 12.7 Å². The maximum atomic E-state index is 13.9. The van der Waals surface area contributed by atoms with Crippen molar-refractivity contribution in [3.63, 3.8) is 0 Å². The van der Waals surface area contributed by atoms with Gasteiger partial charge in [-0.05, 0) is 54.6 Å². The number of hydrogen-bond acceptors (Lipinski definition) is 3. The van der Waals surface area contributed by atoms with Gasteiger partial charge in [0.2, 0.25) is 0 Å². The van der Waals surface area contributed by atoms with Gasteiger partial charge in [0.25, 0.3) is 0 Å². The largest absolute Gasteiger partial charge is 0.478 e. The highest BCUT2D eigenvalue weighted by molar-refractivity contribution is 6.30. The molecule has 10 heteroatoms. The predicted octanol–water partition coefficient (Wildman–Crippen LogP) is 6.66. The van der Waals surface area contributed by atoms with Gasteiger partial charge in [0.15, 0.2) is 0 Å². The summed E-state index contributed by atoms with van der Waals surface area (Å²) in [5.74, 6) is -1.54. The molecule has 0 fully saturated rings. The molecule has 0 amide bonds. The van der Waals surface area contributed by atoms with Crippen LogP contribution < -0.4 is 5.32 Å². The van der Waals surface area contributed by atoms with Crippen molar-refractivity contribution in [3.05, 3.63) is 100 Å². The van der Waals surface area contributed by atoms with Crippen molar-refractivity contribution < 1.29 is 27.5 Å². The first kappa shape index (κ1) is 23.3. The van der Waals surface area contributed by atoms with Crippen molar-refractivity contribution in [2.75, 3.05) is 5.32 Å². The van der Waals surface area contributed by atoms with Gasteiger partial charge >= 0.3 is 12.1 Å². The number of nitrogens with zero attached hydrogens (tertiary/aromatic N) is 2. The molecule has 4 aromatic rings. The van der Waals surface area contributed by atoms with Crippen molar-refractivity contribution in [1.29, 1.82) is 0 Å². The molecule has 0 unspecified atom stereocenters. The van der Waals surface area contributed by atoms with Gasteiger partial charge < -0.3 is 10.4 Å². The Morgan fingerprint density at radius 3 is 2.44 bits per heavy atom. The molecule has 0 aliphatic carbocycles. The Hall–Kier alpha value is -3.85. The van der Waals surface area contributed by atoms with Crippen LogP contribution in [0, 0.1) is 5.82 Å². The number of aromatic nitrogens is 2. The second-order valence-electron chi connectivity index (χ2n) is 7.39. The molecule has 0 aliphatic heterocycles. The second-order valence-corrected chi connectivity index (χ2v) is 7.83. The molecular formula is C24H16ClF4N3O2. The van der Waals surface area contributed by atoms with Gasteiger partial charge in [0.05, 0.1) is 22.5 Å². The molecule has 5 nitrogen and oxygen atoms in total. The summed E-state index contributed by atoms with van der Waals surface area (Å²) in [4.78, 5) is 11.1. The van der Waals surface area contributed by atoms with E-state index in [1.54, 1.807) is 24.4 Å². The van der Waals surface area contributed by atoms with Crippen LogP contribution in [-0.4, -0.2) is 20.9 Å². The normalized spacial score (nSPS) is 11.4. The maximum absolute atomic E-state index is 13.9. The van der Waals surface area contributed by atoms with Crippen LogP contribution in [0.3, 0.4) is 0 Å². The molecule has 0 saturated carbocycles. The average molecular weight is 490 g/mol. The molecular weight excluding hydrogens is 474 g/mol. The smallest absolute Gasteiger partial charge is 0.416 e. The molecule has 4 rings (SSSR count). The van der Waals surface area contributed by atoms with E-state index in [1.807, 2.05) is 0 Å². The summed E-state index contributed by atoms with van der Waals surface area (Å²) in [7, 11) is 0. The fraction of sp³-hybridized carbons (Fsp3) is 0.0833. The lowest BCUT2D eigenvalue weighted by Crippen LogP contribution is -2.07. The molecule has 1 aromatic heterocycles. The Morgan fingerprint density at radius 2 is 1.79 bits per heavy atom. The van der Waals surface area contributed by atoms with E-state index in [0.29, 0.717) is 22.5 Å². The third-order valence-electron chi connectivity index (χ3n) is 4.97. The van der Waals surface area contributed by atoms with E-state index < -0.39 is 23.5 Å². The summed E-state index contributed by atoms with van der Waals surface area (Å²) in [5.41, 5.74) is 1.37. The molecule has 0 atom stereocenters. The minimum atomic E-state index is -4.55. The molecule has 0 radical (unpaired) electrons. The summed E-state index contributed by atoms with van der Waals surface area (Å²) >= 11 is 5.86. The Morgan fingerprint density at radius 1 is 1.06 bits per heavy atom. The highest BCUT2D eigenvalue weighted by Gasteiger charge is 2.31. The van der Waals surface area contributed by atoms with E-state index in [9.17, 15) is 22.4 Å². The van der Waals surface area contributed by atoms with Crippen LogP contribution in [0.5, 0.6) is 0 Å². The Balaban J connectivity index is 1.70. The van der Waals surface area contributed by atoms with Crippen LogP contribution in [0.1, 0.15) is 21.5 Å². The van der Waals surface area contributed by atoms with Crippen molar-refractivity contribution in [2.24, 2.45) is 0 Å². The average Bonchev–Trinajstić information content (AvgIpc) is 3.21.